The largest absolute Gasteiger partial charge is 0.573 e. The molecule has 0 bridgehead atoms. The van der Waals surface area contributed by atoms with E-state index in [0.717, 1.165) is 13.2 Å². The minimum Gasteiger partial charge on any atom is -0.507 e. The molecule has 0 radical (unpaired) electrons. The predicted molar refractivity (Wildman–Crippen MR) is 71.6 cm³/mol. The number of methoxy groups -OCH3 is 1. The number of phenols is 1. The number of rotatable bonds is 3. The van der Waals surface area contributed by atoms with Gasteiger partial charge in [0.05, 0.1) is 7.11 Å². The van der Waals surface area contributed by atoms with E-state index in [1.165, 1.54) is 36.4 Å². The van der Waals surface area contributed by atoms with Crippen molar-refractivity contribution < 1.29 is 32.5 Å². The molecule has 0 aromatic heterocycles. The SMILES string of the molecule is COC(=O)c1ccc(-c2ccccc2OC(F)(F)F)cc1O. The molecular weight excluding hydrogens is 301 g/mol. The molecule has 116 valence electrons. The maximum Gasteiger partial charge on any atom is 0.573 e. The van der Waals surface area contributed by atoms with Crippen LogP contribution in [-0.2, 0) is 4.74 Å². The first-order valence-electron chi connectivity index (χ1n) is 6.08. The number of aromatic hydroxyl groups is 1. The zero-order valence-corrected chi connectivity index (χ0v) is 11.3. The van der Waals surface area contributed by atoms with Gasteiger partial charge in [-0.15, -0.1) is 13.2 Å². The standard InChI is InChI=1S/C15H11F3O4/c1-21-14(20)11-7-6-9(8-12(11)19)10-4-2-3-5-13(10)22-15(16,17)18/h2-8,19H,1H3. The first-order chi connectivity index (χ1) is 10.3. The number of hydrogen-bond donors (Lipinski definition) is 1. The lowest BCUT2D eigenvalue weighted by molar-refractivity contribution is -0.274. The summed E-state index contributed by atoms with van der Waals surface area (Å²) in [5.41, 5.74) is 0.317. The number of carbonyl (C=O) groups excluding carboxylic acids is 1. The van der Waals surface area contributed by atoms with Crippen LogP contribution in [0.2, 0.25) is 0 Å². The first kappa shape index (κ1) is 15.7. The van der Waals surface area contributed by atoms with E-state index in [9.17, 15) is 23.1 Å². The van der Waals surface area contributed by atoms with E-state index in [2.05, 4.69) is 9.47 Å². The van der Waals surface area contributed by atoms with E-state index in [1.807, 2.05) is 0 Å². The first-order valence-corrected chi connectivity index (χ1v) is 6.08. The van der Waals surface area contributed by atoms with Gasteiger partial charge in [0.15, 0.2) is 0 Å². The molecule has 0 amide bonds. The molecule has 2 aromatic rings. The number of esters is 1. The molecule has 7 heteroatoms. The lowest BCUT2D eigenvalue weighted by atomic mass is 10.0. The van der Waals surface area contributed by atoms with Crippen LogP contribution in [-0.4, -0.2) is 24.5 Å². The number of ether oxygens (including phenoxy) is 2. The van der Waals surface area contributed by atoms with Crippen LogP contribution >= 0.6 is 0 Å². The number of para-hydroxylation sites is 1. The number of hydrogen-bond acceptors (Lipinski definition) is 4. The Morgan fingerprint density at radius 3 is 2.41 bits per heavy atom. The van der Waals surface area contributed by atoms with Crippen molar-refractivity contribution in [2.24, 2.45) is 0 Å². The quantitative estimate of drug-likeness (QED) is 0.877. The predicted octanol–water partition coefficient (Wildman–Crippen LogP) is 3.74. The minimum absolute atomic E-state index is 0.0829. The average Bonchev–Trinajstić information content (AvgIpc) is 2.45. The Morgan fingerprint density at radius 2 is 1.82 bits per heavy atom. The van der Waals surface area contributed by atoms with Crippen LogP contribution in [0.25, 0.3) is 11.1 Å². The van der Waals surface area contributed by atoms with E-state index in [1.54, 1.807) is 0 Å². The van der Waals surface area contributed by atoms with Crippen molar-refractivity contribution in [1.29, 1.82) is 0 Å². The van der Waals surface area contributed by atoms with Gasteiger partial charge in [-0.05, 0) is 23.8 Å². The van der Waals surface area contributed by atoms with Gasteiger partial charge in [-0.2, -0.15) is 0 Å². The smallest absolute Gasteiger partial charge is 0.507 e. The summed E-state index contributed by atoms with van der Waals surface area (Å²) in [7, 11) is 1.15. The van der Waals surface area contributed by atoms with Crippen molar-refractivity contribution in [2.45, 2.75) is 6.36 Å². The summed E-state index contributed by atoms with van der Waals surface area (Å²) in [6.07, 6.45) is -4.83. The zero-order valence-electron chi connectivity index (χ0n) is 11.3. The molecule has 2 aromatic carbocycles. The second-order valence-electron chi connectivity index (χ2n) is 4.27. The highest BCUT2D eigenvalue weighted by Crippen LogP contribution is 2.35. The second-order valence-corrected chi connectivity index (χ2v) is 4.27. The molecule has 0 saturated heterocycles. The van der Waals surface area contributed by atoms with Gasteiger partial charge in [0.2, 0.25) is 0 Å². The third kappa shape index (κ3) is 3.49. The molecule has 0 aliphatic rings. The van der Waals surface area contributed by atoms with Gasteiger partial charge < -0.3 is 14.6 Å². The van der Waals surface area contributed by atoms with Crippen LogP contribution in [0.1, 0.15) is 10.4 Å². The van der Waals surface area contributed by atoms with E-state index < -0.39 is 23.8 Å². The van der Waals surface area contributed by atoms with Crippen LogP contribution in [0.15, 0.2) is 42.5 Å². The van der Waals surface area contributed by atoms with E-state index in [4.69, 9.17) is 0 Å². The van der Waals surface area contributed by atoms with Crippen molar-refractivity contribution in [3.05, 3.63) is 48.0 Å². The summed E-state index contributed by atoms with van der Waals surface area (Å²) in [6.45, 7) is 0. The molecule has 0 spiro atoms. The summed E-state index contributed by atoms with van der Waals surface area (Å²) in [5.74, 6) is -1.55. The number of halogens is 3. The fourth-order valence-electron chi connectivity index (χ4n) is 1.90. The zero-order chi connectivity index (χ0) is 16.3. The van der Waals surface area contributed by atoms with Crippen LogP contribution in [0, 0.1) is 0 Å². The van der Waals surface area contributed by atoms with Gasteiger partial charge >= 0.3 is 12.3 Å². The molecule has 0 unspecified atom stereocenters. The van der Waals surface area contributed by atoms with Crippen LogP contribution < -0.4 is 4.74 Å². The highest BCUT2D eigenvalue weighted by molar-refractivity contribution is 5.93. The van der Waals surface area contributed by atoms with Crippen molar-refractivity contribution in [1.82, 2.24) is 0 Å². The summed E-state index contributed by atoms with van der Waals surface area (Å²) in [6, 6.07) is 9.33. The number of phenolic OH excluding ortho intramolecular Hbond substituents is 1. The molecule has 0 fully saturated rings. The fourth-order valence-corrected chi connectivity index (χ4v) is 1.90. The number of alkyl halides is 3. The maximum atomic E-state index is 12.4. The number of benzene rings is 2. The van der Waals surface area contributed by atoms with Gasteiger partial charge in [0.1, 0.15) is 17.1 Å². The van der Waals surface area contributed by atoms with Crippen LogP contribution in [0.3, 0.4) is 0 Å². The summed E-state index contributed by atoms with van der Waals surface area (Å²) < 4.78 is 45.6. The van der Waals surface area contributed by atoms with E-state index >= 15 is 0 Å². The third-order valence-electron chi connectivity index (χ3n) is 2.83. The highest BCUT2D eigenvalue weighted by atomic mass is 19.4. The third-order valence-corrected chi connectivity index (χ3v) is 2.83. The second kappa shape index (κ2) is 5.97. The van der Waals surface area contributed by atoms with Gasteiger partial charge in [0.25, 0.3) is 0 Å². The normalized spacial score (nSPS) is 11.1. The molecule has 1 N–H and O–H groups in total. The Balaban J connectivity index is 2.45. The van der Waals surface area contributed by atoms with E-state index in [-0.39, 0.29) is 16.7 Å². The van der Waals surface area contributed by atoms with Crippen molar-refractivity contribution >= 4 is 5.97 Å². The van der Waals surface area contributed by atoms with Crippen molar-refractivity contribution in [3.8, 4) is 22.6 Å². The average molecular weight is 312 g/mol. The lowest BCUT2D eigenvalue weighted by Crippen LogP contribution is -2.17. The van der Waals surface area contributed by atoms with Crippen LogP contribution in [0.5, 0.6) is 11.5 Å². The van der Waals surface area contributed by atoms with Gasteiger partial charge in [-0.3, -0.25) is 0 Å². The molecule has 2 rings (SSSR count). The minimum atomic E-state index is -4.83. The molecular formula is C15H11F3O4. The fraction of sp³-hybridized carbons (Fsp3) is 0.133. The molecule has 0 aliphatic carbocycles. The Kier molecular flexibility index (Phi) is 4.25. The monoisotopic (exact) mass is 312 g/mol. The Labute approximate surface area is 123 Å². The molecule has 22 heavy (non-hydrogen) atoms. The molecule has 0 aliphatic heterocycles. The van der Waals surface area contributed by atoms with Crippen molar-refractivity contribution in [3.63, 3.8) is 0 Å². The molecule has 0 atom stereocenters. The topological polar surface area (TPSA) is 55.8 Å². The summed E-state index contributed by atoms with van der Waals surface area (Å²) in [5, 5.41) is 9.81. The van der Waals surface area contributed by atoms with Gasteiger partial charge in [0, 0.05) is 5.56 Å². The molecule has 4 nitrogen and oxygen atoms in total. The van der Waals surface area contributed by atoms with Gasteiger partial charge in [-0.1, -0.05) is 24.3 Å². The molecule has 0 heterocycles. The Morgan fingerprint density at radius 1 is 1.14 bits per heavy atom. The van der Waals surface area contributed by atoms with Gasteiger partial charge in [-0.25, -0.2) is 4.79 Å². The number of carbonyl (C=O) groups is 1. The lowest BCUT2D eigenvalue weighted by Gasteiger charge is -2.13. The highest BCUT2D eigenvalue weighted by Gasteiger charge is 2.32. The Hall–Kier alpha value is -2.70. The maximum absolute atomic E-state index is 12.4. The molecule has 0 saturated carbocycles. The Bertz CT molecular complexity index is 695. The summed E-state index contributed by atoms with van der Waals surface area (Å²) in [4.78, 5) is 11.4. The van der Waals surface area contributed by atoms with Crippen LogP contribution in [0.4, 0.5) is 13.2 Å². The van der Waals surface area contributed by atoms with Crippen molar-refractivity contribution in [2.75, 3.05) is 7.11 Å². The van der Waals surface area contributed by atoms with E-state index in [0.29, 0.717) is 0 Å². The summed E-state index contributed by atoms with van der Waals surface area (Å²) >= 11 is 0.